The third-order valence-electron chi connectivity index (χ3n) is 3.10. The van der Waals surface area contributed by atoms with E-state index in [4.69, 9.17) is 0 Å². The van der Waals surface area contributed by atoms with Gasteiger partial charge in [-0.05, 0) is 58.7 Å². The van der Waals surface area contributed by atoms with Gasteiger partial charge < -0.3 is 5.11 Å². The second kappa shape index (κ2) is 5.15. The Hall–Kier alpha value is 0.390. The van der Waals surface area contributed by atoms with Gasteiger partial charge in [0.05, 0.1) is 6.10 Å². The van der Waals surface area contributed by atoms with Crippen LogP contribution in [-0.2, 0) is 0 Å². The first-order valence-electron chi connectivity index (χ1n) is 5.30. The maximum Gasteiger partial charge on any atom is 0.0804 e. The van der Waals surface area contributed by atoms with Crippen LogP contribution in [0, 0.1) is 9.49 Å². The van der Waals surface area contributed by atoms with Crippen LogP contribution in [0.3, 0.4) is 0 Å². The minimum atomic E-state index is -0.306. The first kappa shape index (κ1) is 11.9. The molecule has 0 radical (unpaired) electrons. The van der Waals surface area contributed by atoms with Gasteiger partial charge in [0.25, 0.3) is 0 Å². The molecule has 1 nitrogen and oxygen atoms in total. The first-order valence-corrected chi connectivity index (χ1v) is 7.17. The summed E-state index contributed by atoms with van der Waals surface area (Å²) in [7, 11) is 0. The van der Waals surface area contributed by atoms with Crippen molar-refractivity contribution in [1.29, 1.82) is 0 Å². The fourth-order valence-corrected chi connectivity index (χ4v) is 2.97. The summed E-state index contributed by atoms with van der Waals surface area (Å²) < 4.78 is 2.20. The molecule has 0 amide bonds. The van der Waals surface area contributed by atoms with Gasteiger partial charge in [-0.3, -0.25) is 0 Å². The fraction of sp³-hybridized carbons (Fsp3) is 0.500. The van der Waals surface area contributed by atoms with E-state index >= 15 is 0 Å². The van der Waals surface area contributed by atoms with Crippen LogP contribution in [0.2, 0.25) is 0 Å². The van der Waals surface area contributed by atoms with Crippen LogP contribution in [0.1, 0.15) is 37.4 Å². The standard InChI is InChI=1S/C12H14BrIO/c13-11-5-4-9(14)7-10(11)12(15)6-8-2-1-3-8/h4-5,7-8,12,15H,1-3,6H2. The highest BCUT2D eigenvalue weighted by molar-refractivity contribution is 14.1. The molecule has 0 heterocycles. The third kappa shape index (κ3) is 2.94. The molecule has 1 unspecified atom stereocenters. The van der Waals surface area contributed by atoms with Crippen LogP contribution in [-0.4, -0.2) is 5.11 Å². The molecular weight excluding hydrogens is 367 g/mol. The van der Waals surface area contributed by atoms with Crippen LogP contribution >= 0.6 is 38.5 Å². The summed E-state index contributed by atoms with van der Waals surface area (Å²) in [5, 5.41) is 10.1. The second-order valence-electron chi connectivity index (χ2n) is 4.21. The smallest absolute Gasteiger partial charge is 0.0804 e. The third-order valence-corrected chi connectivity index (χ3v) is 4.49. The van der Waals surface area contributed by atoms with Crippen LogP contribution in [0.5, 0.6) is 0 Å². The second-order valence-corrected chi connectivity index (χ2v) is 6.31. The van der Waals surface area contributed by atoms with E-state index in [1.807, 2.05) is 12.1 Å². The van der Waals surface area contributed by atoms with Gasteiger partial charge in [0.1, 0.15) is 0 Å². The molecule has 0 aromatic heterocycles. The van der Waals surface area contributed by atoms with E-state index in [-0.39, 0.29) is 6.10 Å². The van der Waals surface area contributed by atoms with Crippen molar-refractivity contribution in [1.82, 2.24) is 0 Å². The number of hydrogen-bond acceptors (Lipinski definition) is 1. The number of rotatable bonds is 3. The zero-order chi connectivity index (χ0) is 10.8. The summed E-state index contributed by atoms with van der Waals surface area (Å²) in [6.45, 7) is 0. The minimum absolute atomic E-state index is 0.306. The molecule has 0 spiro atoms. The van der Waals surface area contributed by atoms with Crippen molar-refractivity contribution >= 4 is 38.5 Å². The summed E-state index contributed by atoms with van der Waals surface area (Å²) in [6, 6.07) is 6.12. The lowest BCUT2D eigenvalue weighted by molar-refractivity contribution is 0.118. The van der Waals surface area contributed by atoms with Crippen molar-refractivity contribution in [3.05, 3.63) is 31.8 Å². The Morgan fingerprint density at radius 1 is 1.47 bits per heavy atom. The lowest BCUT2D eigenvalue weighted by Crippen LogP contribution is -2.15. The largest absolute Gasteiger partial charge is 0.388 e. The Labute approximate surface area is 113 Å². The number of benzene rings is 1. The monoisotopic (exact) mass is 380 g/mol. The molecule has 1 atom stereocenters. The molecule has 1 aliphatic rings. The normalized spacial score (nSPS) is 18.6. The molecule has 1 saturated carbocycles. The maximum absolute atomic E-state index is 10.1. The van der Waals surface area contributed by atoms with Gasteiger partial charge in [-0.15, -0.1) is 0 Å². The number of aliphatic hydroxyl groups is 1. The molecule has 3 heteroatoms. The Bertz CT molecular complexity index is 349. The van der Waals surface area contributed by atoms with Crippen LogP contribution in [0.15, 0.2) is 22.7 Å². The van der Waals surface area contributed by atoms with E-state index in [0.29, 0.717) is 0 Å². The predicted octanol–water partition coefficient (Wildman–Crippen LogP) is 4.28. The lowest BCUT2D eigenvalue weighted by atomic mass is 9.80. The molecule has 0 aliphatic heterocycles. The zero-order valence-electron chi connectivity index (χ0n) is 8.42. The molecule has 82 valence electrons. The lowest BCUT2D eigenvalue weighted by Gasteiger charge is -2.28. The van der Waals surface area contributed by atoms with Gasteiger partial charge >= 0.3 is 0 Å². The average Bonchev–Trinajstić information content (AvgIpc) is 2.15. The fourth-order valence-electron chi connectivity index (χ4n) is 1.94. The Morgan fingerprint density at radius 3 is 2.80 bits per heavy atom. The van der Waals surface area contributed by atoms with Gasteiger partial charge in [0.2, 0.25) is 0 Å². The predicted molar refractivity (Wildman–Crippen MR) is 73.8 cm³/mol. The first-order chi connectivity index (χ1) is 7.16. The van der Waals surface area contributed by atoms with Gasteiger partial charge in [-0.1, -0.05) is 35.2 Å². The highest BCUT2D eigenvalue weighted by Crippen LogP contribution is 2.36. The molecule has 15 heavy (non-hydrogen) atoms. The molecule has 0 bridgehead atoms. The van der Waals surface area contributed by atoms with E-state index < -0.39 is 0 Å². The van der Waals surface area contributed by atoms with E-state index in [9.17, 15) is 5.11 Å². The molecule has 1 aromatic carbocycles. The molecular formula is C12H14BrIO. The Morgan fingerprint density at radius 2 is 2.20 bits per heavy atom. The topological polar surface area (TPSA) is 20.2 Å². The quantitative estimate of drug-likeness (QED) is 0.776. The Balaban J connectivity index is 2.09. The van der Waals surface area contributed by atoms with Crippen molar-refractivity contribution < 1.29 is 5.11 Å². The van der Waals surface area contributed by atoms with E-state index in [1.165, 1.54) is 22.8 Å². The van der Waals surface area contributed by atoms with Crippen LogP contribution in [0.4, 0.5) is 0 Å². The number of aliphatic hydroxyl groups excluding tert-OH is 1. The molecule has 1 N–H and O–H groups in total. The molecule has 1 fully saturated rings. The average molecular weight is 381 g/mol. The van der Waals surface area contributed by atoms with Gasteiger partial charge in [0.15, 0.2) is 0 Å². The minimum Gasteiger partial charge on any atom is -0.388 e. The van der Waals surface area contributed by atoms with Crippen molar-refractivity contribution in [2.75, 3.05) is 0 Å². The van der Waals surface area contributed by atoms with E-state index in [1.54, 1.807) is 0 Å². The number of hydrogen-bond donors (Lipinski definition) is 1. The van der Waals surface area contributed by atoms with E-state index in [0.717, 1.165) is 22.4 Å². The van der Waals surface area contributed by atoms with Gasteiger partial charge in [-0.25, -0.2) is 0 Å². The molecule has 0 saturated heterocycles. The summed E-state index contributed by atoms with van der Waals surface area (Å²) in [5.74, 6) is 0.741. The molecule has 1 aliphatic carbocycles. The summed E-state index contributed by atoms with van der Waals surface area (Å²) in [5.41, 5.74) is 1.04. The zero-order valence-corrected chi connectivity index (χ0v) is 12.2. The summed E-state index contributed by atoms with van der Waals surface area (Å²) >= 11 is 5.78. The van der Waals surface area contributed by atoms with Crippen LogP contribution < -0.4 is 0 Å². The molecule has 1 aromatic rings. The summed E-state index contributed by atoms with van der Waals surface area (Å²) in [4.78, 5) is 0. The van der Waals surface area contributed by atoms with E-state index in [2.05, 4.69) is 44.6 Å². The maximum atomic E-state index is 10.1. The highest BCUT2D eigenvalue weighted by atomic mass is 127. The SMILES string of the molecule is OC(CC1CCC1)c1cc(I)ccc1Br. The highest BCUT2D eigenvalue weighted by Gasteiger charge is 2.22. The number of halogens is 2. The van der Waals surface area contributed by atoms with Gasteiger partial charge in [-0.2, -0.15) is 0 Å². The van der Waals surface area contributed by atoms with Crippen molar-refractivity contribution in [3.8, 4) is 0 Å². The van der Waals surface area contributed by atoms with Crippen LogP contribution in [0.25, 0.3) is 0 Å². The van der Waals surface area contributed by atoms with Gasteiger partial charge in [0, 0.05) is 8.04 Å². The van der Waals surface area contributed by atoms with Crippen molar-refractivity contribution in [2.24, 2.45) is 5.92 Å². The molecule has 2 rings (SSSR count). The Kier molecular flexibility index (Phi) is 4.07. The van der Waals surface area contributed by atoms with Crippen molar-refractivity contribution in [2.45, 2.75) is 31.8 Å². The van der Waals surface area contributed by atoms with Crippen molar-refractivity contribution in [3.63, 3.8) is 0 Å². The summed E-state index contributed by atoms with van der Waals surface area (Å²) in [6.07, 6.45) is 4.53.